The molecule has 0 bridgehead atoms. The van der Waals surface area contributed by atoms with Crippen molar-refractivity contribution in [2.24, 2.45) is 0 Å². The first kappa shape index (κ1) is 29.0. The molecule has 0 fully saturated rings. The Kier molecular flexibility index (Phi) is 6.98. The van der Waals surface area contributed by atoms with Crippen molar-refractivity contribution in [2.45, 2.75) is 19.8 Å². The van der Waals surface area contributed by atoms with E-state index in [-0.39, 0.29) is 0 Å². The number of fused-ring (bicyclic) bond motifs is 5. The Morgan fingerprint density at radius 1 is 0.347 bits per heavy atom. The largest absolute Gasteiger partial charge is 0.208 e. The van der Waals surface area contributed by atoms with Gasteiger partial charge in [0.2, 0.25) is 0 Å². The second kappa shape index (κ2) is 11.8. The monoisotopic (exact) mass is 627 g/mol. The number of nitrogens with zero attached hydrogens (tertiary/aromatic N) is 3. The van der Waals surface area contributed by atoms with Crippen LogP contribution in [0.3, 0.4) is 0 Å². The summed E-state index contributed by atoms with van der Waals surface area (Å²) < 4.78 is 0. The average Bonchev–Trinajstić information content (AvgIpc) is 3.16. The summed E-state index contributed by atoms with van der Waals surface area (Å²) in [5.74, 6) is 2.34. The van der Waals surface area contributed by atoms with Crippen molar-refractivity contribution in [1.29, 1.82) is 0 Å². The third-order valence-electron chi connectivity index (χ3n) is 9.66. The number of aromatic nitrogens is 3. The molecule has 1 aromatic heterocycles. The van der Waals surface area contributed by atoms with Crippen molar-refractivity contribution in [2.75, 3.05) is 0 Å². The van der Waals surface area contributed by atoms with Crippen LogP contribution in [0.1, 0.15) is 25.3 Å². The first-order chi connectivity index (χ1) is 24.1. The van der Waals surface area contributed by atoms with Crippen molar-refractivity contribution in [3.63, 3.8) is 0 Å². The molecule has 0 amide bonds. The van der Waals surface area contributed by atoms with E-state index in [1.807, 2.05) is 36.4 Å². The molecule has 1 heterocycles. The van der Waals surface area contributed by atoms with E-state index < -0.39 is 0 Å². The molecule has 0 saturated heterocycles. The van der Waals surface area contributed by atoms with Gasteiger partial charge in [0.15, 0.2) is 17.5 Å². The maximum Gasteiger partial charge on any atom is 0.164 e. The number of hydrogen-bond acceptors (Lipinski definition) is 3. The second-order valence-electron chi connectivity index (χ2n) is 13.0. The van der Waals surface area contributed by atoms with Gasteiger partial charge in [-0.3, -0.25) is 0 Å². The summed E-state index contributed by atoms with van der Waals surface area (Å²) >= 11 is 0. The number of hydrogen-bond donors (Lipinski definition) is 0. The van der Waals surface area contributed by atoms with Crippen molar-refractivity contribution in [3.8, 4) is 45.3 Å². The van der Waals surface area contributed by atoms with E-state index in [1.54, 1.807) is 0 Å². The van der Waals surface area contributed by atoms with Crippen LogP contribution in [0.2, 0.25) is 0 Å². The molecule has 9 rings (SSSR count). The molecular formula is C46H33N3. The molecule has 232 valence electrons. The molecule has 0 spiro atoms. The highest BCUT2D eigenvalue weighted by atomic mass is 15.0. The topological polar surface area (TPSA) is 38.7 Å². The van der Waals surface area contributed by atoms with Gasteiger partial charge in [-0.1, -0.05) is 153 Å². The third-order valence-corrected chi connectivity index (χ3v) is 9.66. The minimum atomic E-state index is 0.364. The van der Waals surface area contributed by atoms with Crippen LogP contribution >= 0.6 is 0 Å². The maximum absolute atomic E-state index is 5.08. The lowest BCUT2D eigenvalue weighted by Crippen LogP contribution is -2.00. The van der Waals surface area contributed by atoms with Crippen LogP contribution in [-0.4, -0.2) is 15.0 Å². The van der Waals surface area contributed by atoms with Gasteiger partial charge in [-0.2, -0.15) is 0 Å². The maximum atomic E-state index is 5.08. The van der Waals surface area contributed by atoms with Gasteiger partial charge in [0, 0.05) is 16.7 Å². The molecule has 49 heavy (non-hydrogen) atoms. The Bertz CT molecular complexity index is 2620. The fourth-order valence-electron chi connectivity index (χ4n) is 7.45. The van der Waals surface area contributed by atoms with Crippen LogP contribution in [0.4, 0.5) is 0 Å². The van der Waals surface area contributed by atoms with Crippen LogP contribution in [0.15, 0.2) is 158 Å². The molecule has 3 nitrogen and oxygen atoms in total. The van der Waals surface area contributed by atoms with Crippen molar-refractivity contribution in [3.05, 3.63) is 163 Å². The van der Waals surface area contributed by atoms with Crippen LogP contribution < -0.4 is 0 Å². The number of benzene rings is 8. The lowest BCUT2D eigenvalue weighted by molar-refractivity contribution is 0.885. The van der Waals surface area contributed by atoms with E-state index in [9.17, 15) is 0 Å². The van der Waals surface area contributed by atoms with E-state index in [0.29, 0.717) is 23.4 Å². The summed E-state index contributed by atoms with van der Waals surface area (Å²) in [7, 11) is 0. The number of rotatable bonds is 5. The summed E-state index contributed by atoms with van der Waals surface area (Å²) in [5, 5.41) is 10.0. The van der Waals surface area contributed by atoms with Crippen molar-refractivity contribution in [1.82, 2.24) is 15.0 Å². The van der Waals surface area contributed by atoms with Gasteiger partial charge in [0.05, 0.1) is 0 Å². The van der Waals surface area contributed by atoms with Gasteiger partial charge in [0.25, 0.3) is 0 Å². The zero-order valence-electron chi connectivity index (χ0n) is 27.4. The zero-order valence-corrected chi connectivity index (χ0v) is 27.4. The highest BCUT2D eigenvalue weighted by Crippen LogP contribution is 2.44. The van der Waals surface area contributed by atoms with E-state index in [4.69, 9.17) is 15.0 Å². The lowest BCUT2D eigenvalue weighted by atomic mass is 9.84. The smallest absolute Gasteiger partial charge is 0.164 e. The molecule has 0 aliphatic rings. The van der Waals surface area contributed by atoms with Gasteiger partial charge < -0.3 is 0 Å². The van der Waals surface area contributed by atoms with E-state index in [1.165, 1.54) is 54.4 Å². The molecule has 0 radical (unpaired) electrons. The van der Waals surface area contributed by atoms with Crippen molar-refractivity contribution < 1.29 is 0 Å². The minimum absolute atomic E-state index is 0.364. The molecule has 3 heteroatoms. The predicted octanol–water partition coefficient (Wildman–Crippen LogP) is 12.3. The van der Waals surface area contributed by atoms with Crippen LogP contribution in [0, 0.1) is 0 Å². The van der Waals surface area contributed by atoms with Gasteiger partial charge in [-0.25, -0.2) is 15.0 Å². The predicted molar refractivity (Wildman–Crippen MR) is 206 cm³/mol. The molecule has 8 aromatic carbocycles. The van der Waals surface area contributed by atoms with E-state index >= 15 is 0 Å². The molecule has 0 saturated carbocycles. The highest BCUT2D eigenvalue weighted by molar-refractivity contribution is 6.20. The Morgan fingerprint density at radius 3 is 1.43 bits per heavy atom. The first-order valence-corrected chi connectivity index (χ1v) is 16.9. The average molecular weight is 628 g/mol. The minimum Gasteiger partial charge on any atom is -0.208 e. The van der Waals surface area contributed by atoms with Gasteiger partial charge >= 0.3 is 0 Å². The van der Waals surface area contributed by atoms with E-state index in [0.717, 1.165) is 22.1 Å². The fourth-order valence-corrected chi connectivity index (χ4v) is 7.45. The molecule has 0 N–H and O–H groups in total. The molecular weight excluding hydrogens is 595 g/mol. The van der Waals surface area contributed by atoms with Crippen molar-refractivity contribution >= 4 is 43.1 Å². The molecule has 0 unspecified atom stereocenters. The third kappa shape index (κ3) is 4.94. The van der Waals surface area contributed by atoms with E-state index in [2.05, 4.69) is 135 Å². The molecule has 9 aromatic rings. The molecule has 0 atom stereocenters. The Hall–Kier alpha value is -6.19. The lowest BCUT2D eigenvalue weighted by Gasteiger charge is -2.19. The summed E-state index contributed by atoms with van der Waals surface area (Å²) in [6.45, 7) is 4.62. The van der Waals surface area contributed by atoms with Gasteiger partial charge in [-0.05, 0) is 83.9 Å². The van der Waals surface area contributed by atoms with Crippen LogP contribution in [0.5, 0.6) is 0 Å². The van der Waals surface area contributed by atoms with Gasteiger partial charge in [-0.15, -0.1) is 0 Å². The standard InChI is InChI=1S/C46H33N3/c1-29(2)43-33-20-10-9-19-32(33)27-40-36-23-13-14-24-37(36)41(28-42(40)43)38-25-26-39(35-22-12-11-21-34(35)38)46-48-44(30-15-5-3-6-16-30)47-45(49-46)31-17-7-4-8-18-31/h3-29H,1-2H3. The summed E-state index contributed by atoms with van der Waals surface area (Å²) in [4.78, 5) is 15.1. The second-order valence-corrected chi connectivity index (χ2v) is 13.0. The van der Waals surface area contributed by atoms with Crippen LogP contribution in [-0.2, 0) is 0 Å². The fraction of sp³-hybridized carbons (Fsp3) is 0.0652. The quantitative estimate of drug-likeness (QED) is 0.141. The normalized spacial score (nSPS) is 11.7. The van der Waals surface area contributed by atoms with Crippen LogP contribution in [0.25, 0.3) is 88.4 Å². The Balaban J connectivity index is 1.32. The summed E-state index contributed by atoms with van der Waals surface area (Å²) in [5.41, 5.74) is 6.72. The first-order valence-electron chi connectivity index (χ1n) is 16.9. The summed E-state index contributed by atoms with van der Waals surface area (Å²) in [6.07, 6.45) is 0. The SMILES string of the molecule is CC(C)c1c2ccccc2cc2c1cc(-c1ccc(-c3nc(-c4ccccc4)nc(-c4ccccc4)n3)c3ccccc13)c1ccccc12. The highest BCUT2D eigenvalue weighted by Gasteiger charge is 2.19. The zero-order chi connectivity index (χ0) is 32.9. The Morgan fingerprint density at radius 2 is 0.816 bits per heavy atom. The Labute approximate surface area is 285 Å². The summed E-state index contributed by atoms with van der Waals surface area (Å²) in [6, 6.07) is 55.9. The molecule has 0 aliphatic carbocycles. The molecule has 0 aliphatic heterocycles. The van der Waals surface area contributed by atoms with Gasteiger partial charge in [0.1, 0.15) is 0 Å².